The Morgan fingerprint density at radius 1 is 1.15 bits per heavy atom. The van der Waals surface area contributed by atoms with Crippen LogP contribution in [0, 0.1) is 0 Å². The zero-order valence-corrected chi connectivity index (χ0v) is 12.6. The zero-order chi connectivity index (χ0) is 14.0. The van der Waals surface area contributed by atoms with Crippen molar-refractivity contribution in [3.8, 4) is 0 Å². The maximum absolute atomic E-state index is 6.14. The van der Waals surface area contributed by atoms with Gasteiger partial charge in [0, 0.05) is 13.1 Å². The first kappa shape index (κ1) is 15.3. The summed E-state index contributed by atoms with van der Waals surface area (Å²) in [7, 11) is 0. The number of hydrogen-bond acceptors (Lipinski definition) is 2. The molecular formula is C18H27NO. The fraction of sp³-hybridized carbons (Fsp3) is 0.556. The van der Waals surface area contributed by atoms with Crippen molar-refractivity contribution in [3.05, 3.63) is 42.0 Å². The molecule has 2 rings (SSSR count). The molecule has 2 heteroatoms. The van der Waals surface area contributed by atoms with E-state index in [1.54, 1.807) is 0 Å². The lowest BCUT2D eigenvalue weighted by molar-refractivity contribution is -0.0172. The summed E-state index contributed by atoms with van der Waals surface area (Å²) in [6, 6.07) is 10.4. The number of morpholine rings is 1. The average Bonchev–Trinajstić information content (AvgIpc) is 2.51. The third-order valence-corrected chi connectivity index (χ3v) is 3.77. The van der Waals surface area contributed by atoms with E-state index >= 15 is 0 Å². The first-order valence-corrected chi connectivity index (χ1v) is 7.98. The third kappa shape index (κ3) is 5.48. The third-order valence-electron chi connectivity index (χ3n) is 3.77. The predicted molar refractivity (Wildman–Crippen MR) is 85.8 cm³/mol. The zero-order valence-electron chi connectivity index (χ0n) is 12.6. The van der Waals surface area contributed by atoms with Gasteiger partial charge in [0.25, 0.3) is 0 Å². The fourth-order valence-electron chi connectivity index (χ4n) is 2.59. The molecule has 1 aromatic rings. The maximum Gasteiger partial charge on any atom is 0.0887 e. The molecule has 20 heavy (non-hydrogen) atoms. The molecule has 1 saturated heterocycles. The van der Waals surface area contributed by atoms with Gasteiger partial charge in [-0.2, -0.15) is 0 Å². The Hall–Kier alpha value is -1.12. The Balaban J connectivity index is 1.74. The molecular weight excluding hydrogens is 246 g/mol. The van der Waals surface area contributed by atoms with E-state index < -0.39 is 0 Å². The molecule has 1 heterocycles. The number of hydrogen-bond donors (Lipinski definition) is 1. The minimum atomic E-state index is 0.208. The van der Waals surface area contributed by atoms with Crippen LogP contribution in [-0.4, -0.2) is 25.3 Å². The second kappa shape index (κ2) is 8.93. The number of unbranched alkanes of at least 4 members (excludes halogenated alkanes) is 3. The van der Waals surface area contributed by atoms with Crippen LogP contribution in [0.2, 0.25) is 0 Å². The summed E-state index contributed by atoms with van der Waals surface area (Å²) in [6.07, 6.45) is 11.4. The van der Waals surface area contributed by atoms with Gasteiger partial charge in [-0.3, -0.25) is 0 Å². The van der Waals surface area contributed by atoms with Gasteiger partial charge in [-0.25, -0.2) is 0 Å². The molecule has 0 aromatic heterocycles. The van der Waals surface area contributed by atoms with Crippen molar-refractivity contribution in [1.82, 2.24) is 5.32 Å². The highest BCUT2D eigenvalue weighted by atomic mass is 16.5. The summed E-state index contributed by atoms with van der Waals surface area (Å²) in [5.74, 6) is 0. The molecule has 0 aliphatic carbocycles. The number of rotatable bonds is 7. The van der Waals surface area contributed by atoms with E-state index in [0.29, 0.717) is 6.10 Å². The molecule has 1 N–H and O–H groups in total. The summed E-state index contributed by atoms with van der Waals surface area (Å²) in [5, 5.41) is 3.49. The van der Waals surface area contributed by atoms with E-state index in [-0.39, 0.29) is 6.10 Å². The fourth-order valence-corrected chi connectivity index (χ4v) is 2.59. The molecule has 1 aromatic carbocycles. The van der Waals surface area contributed by atoms with Gasteiger partial charge in [0.2, 0.25) is 0 Å². The van der Waals surface area contributed by atoms with Gasteiger partial charge in [-0.1, -0.05) is 75.1 Å². The lowest BCUT2D eigenvalue weighted by Crippen LogP contribution is -2.43. The second-order valence-electron chi connectivity index (χ2n) is 5.57. The first-order valence-electron chi connectivity index (χ1n) is 7.98. The highest BCUT2D eigenvalue weighted by Crippen LogP contribution is 2.14. The van der Waals surface area contributed by atoms with Gasteiger partial charge in [0.05, 0.1) is 12.2 Å². The smallest absolute Gasteiger partial charge is 0.0887 e. The van der Waals surface area contributed by atoms with Crippen molar-refractivity contribution in [2.45, 2.75) is 51.2 Å². The molecule has 0 spiro atoms. The molecule has 0 saturated carbocycles. The van der Waals surface area contributed by atoms with Gasteiger partial charge in [-0.15, -0.1) is 0 Å². The Morgan fingerprint density at radius 3 is 2.80 bits per heavy atom. The van der Waals surface area contributed by atoms with Crippen molar-refractivity contribution < 1.29 is 4.74 Å². The normalized spacial score (nSPS) is 23.2. The maximum atomic E-state index is 6.14. The minimum Gasteiger partial charge on any atom is -0.368 e. The van der Waals surface area contributed by atoms with E-state index in [4.69, 9.17) is 4.74 Å². The number of ether oxygens (including phenoxy) is 1. The molecule has 2 atom stereocenters. The summed E-state index contributed by atoms with van der Waals surface area (Å²) < 4.78 is 6.14. The molecule has 0 unspecified atom stereocenters. The van der Waals surface area contributed by atoms with Crippen LogP contribution in [0.4, 0.5) is 0 Å². The molecule has 0 radical (unpaired) electrons. The van der Waals surface area contributed by atoms with Gasteiger partial charge < -0.3 is 10.1 Å². The topological polar surface area (TPSA) is 21.3 Å². The molecule has 0 amide bonds. The predicted octanol–water partition coefficient (Wildman–Crippen LogP) is 4.03. The van der Waals surface area contributed by atoms with Crippen LogP contribution in [0.5, 0.6) is 0 Å². The lowest BCUT2D eigenvalue weighted by atomic mass is 10.1. The highest BCUT2D eigenvalue weighted by molar-refractivity contribution is 5.49. The van der Waals surface area contributed by atoms with Crippen LogP contribution >= 0.6 is 0 Å². The van der Waals surface area contributed by atoms with Crippen molar-refractivity contribution in [2.75, 3.05) is 13.1 Å². The first-order chi connectivity index (χ1) is 9.88. The SMILES string of the molecule is CCCCCC[C@@H]1CNC[C@H](/C=C/c2ccccc2)O1. The van der Waals surface area contributed by atoms with Gasteiger partial charge in [0.15, 0.2) is 0 Å². The molecule has 2 nitrogen and oxygen atoms in total. The monoisotopic (exact) mass is 273 g/mol. The van der Waals surface area contributed by atoms with E-state index in [1.165, 1.54) is 37.7 Å². The van der Waals surface area contributed by atoms with Crippen LogP contribution in [-0.2, 0) is 4.74 Å². The van der Waals surface area contributed by atoms with Crippen molar-refractivity contribution in [3.63, 3.8) is 0 Å². The van der Waals surface area contributed by atoms with Crippen LogP contribution < -0.4 is 5.32 Å². The number of benzene rings is 1. The van der Waals surface area contributed by atoms with Crippen LogP contribution in [0.1, 0.15) is 44.6 Å². The Labute approximate surface area is 123 Å². The van der Waals surface area contributed by atoms with Crippen molar-refractivity contribution in [2.24, 2.45) is 0 Å². The minimum absolute atomic E-state index is 0.208. The second-order valence-corrected chi connectivity index (χ2v) is 5.57. The molecule has 1 aliphatic heterocycles. The molecule has 1 aliphatic rings. The van der Waals surface area contributed by atoms with Crippen molar-refractivity contribution in [1.29, 1.82) is 0 Å². The number of nitrogens with one attached hydrogen (secondary N) is 1. The largest absolute Gasteiger partial charge is 0.368 e. The Morgan fingerprint density at radius 2 is 2.00 bits per heavy atom. The Kier molecular flexibility index (Phi) is 6.82. The lowest BCUT2D eigenvalue weighted by Gasteiger charge is -2.29. The Bertz CT molecular complexity index is 388. The van der Waals surface area contributed by atoms with Gasteiger partial charge >= 0.3 is 0 Å². The summed E-state index contributed by atoms with van der Waals surface area (Å²) in [5.41, 5.74) is 1.24. The highest BCUT2D eigenvalue weighted by Gasteiger charge is 2.19. The summed E-state index contributed by atoms with van der Waals surface area (Å²) in [6.45, 7) is 4.18. The van der Waals surface area contributed by atoms with E-state index in [2.05, 4.69) is 48.7 Å². The molecule has 0 bridgehead atoms. The quantitative estimate of drug-likeness (QED) is 0.757. The van der Waals surface area contributed by atoms with Crippen LogP contribution in [0.3, 0.4) is 0 Å². The average molecular weight is 273 g/mol. The van der Waals surface area contributed by atoms with E-state index in [9.17, 15) is 0 Å². The molecule has 110 valence electrons. The van der Waals surface area contributed by atoms with Crippen LogP contribution in [0.15, 0.2) is 36.4 Å². The van der Waals surface area contributed by atoms with Gasteiger partial charge in [-0.05, 0) is 12.0 Å². The molecule has 1 fully saturated rings. The van der Waals surface area contributed by atoms with Crippen molar-refractivity contribution >= 4 is 6.08 Å². The van der Waals surface area contributed by atoms with E-state index in [1.807, 2.05) is 6.07 Å². The van der Waals surface area contributed by atoms with E-state index in [0.717, 1.165) is 13.1 Å². The summed E-state index contributed by atoms with van der Waals surface area (Å²) in [4.78, 5) is 0. The summed E-state index contributed by atoms with van der Waals surface area (Å²) >= 11 is 0. The standard InChI is InChI=1S/C18H27NO/c1-2-3-4-8-11-17-14-19-15-18(20-17)13-12-16-9-6-5-7-10-16/h5-7,9-10,12-13,17-19H,2-4,8,11,14-15H2,1H3/b13-12+/t17-,18+/m1/s1. The van der Waals surface area contributed by atoms with Gasteiger partial charge in [0.1, 0.15) is 0 Å². The van der Waals surface area contributed by atoms with Crippen LogP contribution in [0.25, 0.3) is 6.08 Å².